The van der Waals surface area contributed by atoms with Gasteiger partial charge in [-0.2, -0.15) is 0 Å². The number of carbonyl (C=O) groups excluding carboxylic acids is 1. The monoisotopic (exact) mass is 493 g/mol. The van der Waals surface area contributed by atoms with Crippen molar-refractivity contribution in [3.63, 3.8) is 0 Å². The lowest BCUT2D eigenvalue weighted by atomic mass is 9.65. The van der Waals surface area contributed by atoms with Gasteiger partial charge in [-0.3, -0.25) is 4.90 Å². The van der Waals surface area contributed by atoms with Crippen molar-refractivity contribution >= 4 is 5.97 Å². The highest BCUT2D eigenvalue weighted by Crippen LogP contribution is 2.55. The number of hydrogen-bond acceptors (Lipinski definition) is 10. The second kappa shape index (κ2) is 8.21. The topological polar surface area (TPSA) is 149 Å². The lowest BCUT2D eigenvalue weighted by Crippen LogP contribution is -2.58. The molecule has 2 saturated heterocycles. The zero-order valence-corrected chi connectivity index (χ0v) is 20.5. The largest absolute Gasteiger partial charge is 0.504 e. The van der Waals surface area contributed by atoms with E-state index in [4.69, 9.17) is 14.2 Å². The van der Waals surface area contributed by atoms with Crippen molar-refractivity contribution in [2.24, 2.45) is 10.8 Å². The molecule has 1 aromatic rings. The van der Waals surface area contributed by atoms with Gasteiger partial charge in [-0.05, 0) is 30.1 Å². The standard InChI is InChI=1S/C25H35NO9/c1-24(2)5-11-6-25(3,9-24)10-26(11)7-12-14-15(18(30)21(33-4)16(12)28)20-22(35-23(14)32)19(31)17(29)13(8-27)34-20/h11,13,17,19-20,22,27-31H,5-10H2,1-4H3/t11?,13-,17-,19+,20?,22?,25?/m0/s1. The van der Waals surface area contributed by atoms with Crippen molar-refractivity contribution in [1.29, 1.82) is 0 Å². The van der Waals surface area contributed by atoms with E-state index >= 15 is 0 Å². The highest BCUT2D eigenvalue weighted by atomic mass is 16.6. The molecule has 4 unspecified atom stereocenters. The van der Waals surface area contributed by atoms with E-state index in [1.807, 2.05) is 0 Å². The van der Waals surface area contributed by atoms with E-state index in [0.717, 1.165) is 25.8 Å². The van der Waals surface area contributed by atoms with E-state index in [1.54, 1.807) is 0 Å². The number of esters is 1. The summed E-state index contributed by atoms with van der Waals surface area (Å²) in [7, 11) is 1.30. The Balaban J connectivity index is 1.60. The molecule has 1 aromatic carbocycles. The Bertz CT molecular complexity index is 1040. The Kier molecular flexibility index (Phi) is 5.76. The molecule has 4 aliphatic rings. The number of rotatable bonds is 4. The maximum atomic E-state index is 13.2. The smallest absolute Gasteiger partial charge is 0.339 e. The first-order valence-corrected chi connectivity index (χ1v) is 12.1. The second-order valence-electron chi connectivity index (χ2n) is 11.7. The number of carbonyl (C=O) groups is 1. The van der Waals surface area contributed by atoms with Gasteiger partial charge in [0.05, 0.1) is 19.3 Å². The van der Waals surface area contributed by atoms with Crippen LogP contribution in [0.5, 0.6) is 17.2 Å². The molecule has 10 nitrogen and oxygen atoms in total. The fraction of sp³-hybridized carbons (Fsp3) is 0.720. The van der Waals surface area contributed by atoms with Crippen LogP contribution in [0.2, 0.25) is 0 Å². The number of aromatic hydroxyl groups is 2. The Morgan fingerprint density at radius 3 is 2.49 bits per heavy atom. The summed E-state index contributed by atoms with van der Waals surface area (Å²) >= 11 is 0. The second-order valence-corrected chi connectivity index (χ2v) is 11.7. The molecule has 0 amide bonds. The van der Waals surface area contributed by atoms with Crippen molar-refractivity contribution in [3.05, 3.63) is 16.7 Å². The minimum absolute atomic E-state index is 0.0222. The van der Waals surface area contributed by atoms with Crippen molar-refractivity contribution in [2.75, 3.05) is 20.3 Å². The van der Waals surface area contributed by atoms with Crippen LogP contribution >= 0.6 is 0 Å². The van der Waals surface area contributed by atoms with Gasteiger partial charge in [0.25, 0.3) is 0 Å². The van der Waals surface area contributed by atoms with Crippen molar-refractivity contribution in [2.45, 2.75) is 83.1 Å². The predicted molar refractivity (Wildman–Crippen MR) is 122 cm³/mol. The van der Waals surface area contributed by atoms with Crippen LogP contribution in [-0.4, -0.2) is 87.1 Å². The van der Waals surface area contributed by atoms with Crippen LogP contribution in [0.3, 0.4) is 0 Å². The molecule has 7 atom stereocenters. The minimum atomic E-state index is -1.54. The minimum Gasteiger partial charge on any atom is -0.504 e. The number of benzene rings is 1. The number of methoxy groups -OCH3 is 1. The molecule has 3 fully saturated rings. The molecular weight excluding hydrogens is 458 g/mol. The number of aliphatic hydroxyl groups is 3. The van der Waals surface area contributed by atoms with Crippen LogP contribution in [0.1, 0.15) is 67.6 Å². The summed E-state index contributed by atoms with van der Waals surface area (Å²) in [5, 5.41) is 52.6. The zero-order valence-electron chi connectivity index (χ0n) is 20.5. The number of nitrogens with zero attached hydrogens (tertiary/aromatic N) is 1. The lowest BCUT2D eigenvalue weighted by Gasteiger charge is -2.45. The maximum Gasteiger partial charge on any atom is 0.339 e. The number of ether oxygens (including phenoxy) is 3. The Morgan fingerprint density at radius 1 is 1.11 bits per heavy atom. The summed E-state index contributed by atoms with van der Waals surface area (Å²) in [6.07, 6.45) is -3.55. The van der Waals surface area contributed by atoms with E-state index < -0.39 is 48.8 Å². The van der Waals surface area contributed by atoms with Gasteiger partial charge in [-0.25, -0.2) is 4.79 Å². The van der Waals surface area contributed by atoms with Crippen molar-refractivity contribution in [3.8, 4) is 17.2 Å². The first-order valence-electron chi connectivity index (χ1n) is 12.1. The first-order chi connectivity index (χ1) is 16.4. The van der Waals surface area contributed by atoms with Crippen molar-refractivity contribution < 1.29 is 44.5 Å². The quantitative estimate of drug-likeness (QED) is 0.387. The van der Waals surface area contributed by atoms with Crippen LogP contribution < -0.4 is 4.74 Å². The van der Waals surface area contributed by atoms with E-state index in [9.17, 15) is 30.3 Å². The fourth-order valence-corrected chi connectivity index (χ4v) is 7.23. The van der Waals surface area contributed by atoms with Crippen LogP contribution in [0, 0.1) is 10.8 Å². The summed E-state index contributed by atoms with van der Waals surface area (Å²) in [6.45, 7) is 7.25. The van der Waals surface area contributed by atoms with E-state index in [1.165, 1.54) is 7.11 Å². The third-order valence-corrected chi connectivity index (χ3v) is 8.23. The lowest BCUT2D eigenvalue weighted by molar-refractivity contribution is -0.235. The van der Waals surface area contributed by atoms with Crippen LogP contribution in [-0.2, 0) is 16.0 Å². The molecule has 35 heavy (non-hydrogen) atoms. The third kappa shape index (κ3) is 3.77. The van der Waals surface area contributed by atoms with Crippen LogP contribution in [0.25, 0.3) is 0 Å². The molecule has 0 radical (unpaired) electrons. The van der Waals surface area contributed by atoms with Crippen LogP contribution in [0.4, 0.5) is 0 Å². The summed E-state index contributed by atoms with van der Waals surface area (Å²) in [5.74, 6) is -1.88. The first kappa shape index (κ1) is 24.6. The van der Waals surface area contributed by atoms with E-state index in [-0.39, 0.29) is 51.6 Å². The fourth-order valence-electron chi connectivity index (χ4n) is 7.23. The van der Waals surface area contributed by atoms with Gasteiger partial charge in [0.2, 0.25) is 5.75 Å². The van der Waals surface area contributed by atoms with Gasteiger partial charge >= 0.3 is 5.97 Å². The van der Waals surface area contributed by atoms with Gasteiger partial charge < -0.3 is 39.7 Å². The number of aliphatic hydroxyl groups excluding tert-OH is 3. The van der Waals surface area contributed by atoms with Gasteiger partial charge in [-0.15, -0.1) is 0 Å². The van der Waals surface area contributed by atoms with E-state index in [2.05, 4.69) is 25.7 Å². The summed E-state index contributed by atoms with van der Waals surface area (Å²) < 4.78 is 16.6. The van der Waals surface area contributed by atoms with Gasteiger partial charge in [0, 0.05) is 30.3 Å². The number of likely N-dealkylation sites (tertiary alicyclic amines) is 1. The summed E-state index contributed by atoms with van der Waals surface area (Å²) in [5.41, 5.74) is 0.549. The molecular formula is C25H35NO9. The molecule has 5 rings (SSSR count). The molecule has 1 aliphatic carbocycles. The normalized spacial score (nSPS) is 38.0. The highest BCUT2D eigenvalue weighted by Gasteiger charge is 2.54. The van der Waals surface area contributed by atoms with Crippen molar-refractivity contribution in [1.82, 2.24) is 4.90 Å². The summed E-state index contributed by atoms with van der Waals surface area (Å²) in [6, 6.07) is 0.271. The van der Waals surface area contributed by atoms with Gasteiger partial charge in [-0.1, -0.05) is 20.8 Å². The zero-order chi connectivity index (χ0) is 25.4. The molecule has 5 N–H and O–H groups in total. The Hall–Kier alpha value is -2.11. The maximum absolute atomic E-state index is 13.2. The average molecular weight is 494 g/mol. The molecule has 10 heteroatoms. The SMILES string of the molecule is COc1c(O)c(CN2CC3(C)CC2CC(C)(C)C3)c2c(c1O)C1O[C@@H](CO)[C@H](O)[C@@H](O)C1OC2=O. The molecule has 3 aliphatic heterocycles. The molecule has 0 aromatic heterocycles. The average Bonchev–Trinajstić information content (AvgIpc) is 3.01. The van der Waals surface area contributed by atoms with E-state index in [0.29, 0.717) is 0 Å². The molecule has 194 valence electrons. The number of hydrogen-bond donors (Lipinski definition) is 5. The number of fused-ring (bicyclic) bond motifs is 5. The predicted octanol–water partition coefficient (Wildman–Crippen LogP) is 1.20. The molecule has 1 saturated carbocycles. The molecule has 2 bridgehead atoms. The van der Waals surface area contributed by atoms with Gasteiger partial charge in [0.15, 0.2) is 17.6 Å². The third-order valence-electron chi connectivity index (χ3n) is 8.23. The Labute approximate surface area is 204 Å². The number of phenols is 2. The molecule has 0 spiro atoms. The molecule has 3 heterocycles. The number of phenolic OH excluding ortho intramolecular Hbond substituents is 2. The highest BCUT2D eigenvalue weighted by molar-refractivity contribution is 5.97. The summed E-state index contributed by atoms with van der Waals surface area (Å²) in [4.78, 5) is 15.5. The van der Waals surface area contributed by atoms with Gasteiger partial charge in [0.1, 0.15) is 24.4 Å². The van der Waals surface area contributed by atoms with Crippen LogP contribution in [0.15, 0.2) is 0 Å². The Morgan fingerprint density at radius 2 is 1.83 bits per heavy atom.